The van der Waals surface area contributed by atoms with Crippen LogP contribution in [-0.4, -0.2) is 62.8 Å². The molecule has 0 spiro atoms. The number of amides is 2. The number of hydrogen-bond acceptors (Lipinski definition) is 6. The fraction of sp³-hybridized carbons (Fsp3) is 0.333. The Morgan fingerprint density at radius 1 is 1.16 bits per heavy atom. The number of ether oxygens (including phenoxy) is 1. The first-order valence-electron chi connectivity index (χ1n) is 9.65. The molecule has 1 aliphatic heterocycles. The number of likely N-dealkylation sites (N-methyl/N-ethyl adjacent to an activating group) is 1. The van der Waals surface area contributed by atoms with Gasteiger partial charge in [0.05, 0.1) is 12.0 Å². The van der Waals surface area contributed by atoms with Gasteiger partial charge in [-0.2, -0.15) is 16.1 Å². The Bertz CT molecular complexity index is 1070. The number of nitrogens with zero attached hydrogens (tertiary/aromatic N) is 1. The highest BCUT2D eigenvalue weighted by Crippen LogP contribution is 2.26. The topological polar surface area (TPSA) is 105 Å². The van der Waals surface area contributed by atoms with Crippen LogP contribution in [0, 0.1) is 6.92 Å². The molecule has 2 N–H and O–H groups in total. The second-order valence-electron chi connectivity index (χ2n) is 6.98. The van der Waals surface area contributed by atoms with Crippen LogP contribution in [0.25, 0.3) is 0 Å². The van der Waals surface area contributed by atoms with E-state index in [1.807, 2.05) is 6.92 Å². The van der Waals surface area contributed by atoms with Gasteiger partial charge in [0.1, 0.15) is 11.8 Å². The highest BCUT2D eigenvalue weighted by molar-refractivity contribution is 7.99. The Morgan fingerprint density at radius 3 is 2.48 bits per heavy atom. The van der Waals surface area contributed by atoms with Gasteiger partial charge in [-0.1, -0.05) is 0 Å². The molecule has 3 rings (SSSR count). The summed E-state index contributed by atoms with van der Waals surface area (Å²) in [5.41, 5.74) is 1.77. The lowest BCUT2D eigenvalue weighted by atomic mass is 10.1. The van der Waals surface area contributed by atoms with E-state index in [-0.39, 0.29) is 23.3 Å². The molecule has 1 saturated heterocycles. The van der Waals surface area contributed by atoms with Gasteiger partial charge in [0.25, 0.3) is 5.91 Å². The number of hydrogen-bond donors (Lipinski definition) is 2. The fourth-order valence-corrected chi connectivity index (χ4v) is 6.16. The Kier molecular flexibility index (Phi) is 7.24. The van der Waals surface area contributed by atoms with Crippen molar-refractivity contribution in [2.75, 3.05) is 37.5 Å². The monoisotopic (exact) mass is 463 g/mol. The minimum atomic E-state index is -3.84. The first kappa shape index (κ1) is 23.1. The van der Waals surface area contributed by atoms with Crippen LogP contribution in [0.1, 0.15) is 15.9 Å². The number of benzene rings is 2. The highest BCUT2D eigenvalue weighted by Gasteiger charge is 2.37. The molecule has 0 radical (unpaired) electrons. The number of thioether (sulfide) groups is 1. The average molecular weight is 464 g/mol. The molecule has 166 valence electrons. The maximum atomic E-state index is 13.1. The van der Waals surface area contributed by atoms with Crippen LogP contribution in [0.3, 0.4) is 0 Å². The van der Waals surface area contributed by atoms with Gasteiger partial charge in [0.2, 0.25) is 15.9 Å². The number of anilines is 1. The summed E-state index contributed by atoms with van der Waals surface area (Å²) in [5.74, 6) is 1.09. The lowest BCUT2D eigenvalue weighted by Crippen LogP contribution is -2.53. The molecule has 0 saturated carbocycles. The quantitative estimate of drug-likeness (QED) is 0.680. The van der Waals surface area contributed by atoms with Gasteiger partial charge in [0.15, 0.2) is 0 Å². The number of carbonyl (C=O) groups is 2. The van der Waals surface area contributed by atoms with E-state index in [4.69, 9.17) is 4.74 Å². The molecule has 0 aliphatic carbocycles. The summed E-state index contributed by atoms with van der Waals surface area (Å²) >= 11 is 1.55. The normalized spacial score (nSPS) is 17.1. The zero-order valence-electron chi connectivity index (χ0n) is 17.5. The molecule has 31 heavy (non-hydrogen) atoms. The first-order chi connectivity index (χ1) is 14.8. The van der Waals surface area contributed by atoms with Crippen molar-refractivity contribution in [3.8, 4) is 5.75 Å². The van der Waals surface area contributed by atoms with Crippen LogP contribution in [-0.2, 0) is 14.8 Å². The van der Waals surface area contributed by atoms with Gasteiger partial charge < -0.3 is 15.4 Å². The third-order valence-corrected chi connectivity index (χ3v) is 7.95. The molecule has 1 aliphatic rings. The number of carbonyl (C=O) groups excluding carboxylic acids is 2. The smallest absolute Gasteiger partial charge is 0.255 e. The Hall–Kier alpha value is -2.56. The van der Waals surface area contributed by atoms with E-state index in [1.165, 1.54) is 35.6 Å². The van der Waals surface area contributed by atoms with Crippen LogP contribution >= 0.6 is 11.8 Å². The average Bonchev–Trinajstić information content (AvgIpc) is 2.78. The molecular formula is C21H25N3O5S2. The first-order valence-corrected chi connectivity index (χ1v) is 12.2. The zero-order chi connectivity index (χ0) is 22.6. The third kappa shape index (κ3) is 5.03. The van der Waals surface area contributed by atoms with Crippen LogP contribution in [0.15, 0.2) is 47.4 Å². The maximum Gasteiger partial charge on any atom is 0.255 e. The summed E-state index contributed by atoms with van der Waals surface area (Å²) in [6.07, 6.45) is 0. The summed E-state index contributed by atoms with van der Waals surface area (Å²) in [5, 5.41) is 5.29. The largest absolute Gasteiger partial charge is 0.496 e. The van der Waals surface area contributed by atoms with Crippen LogP contribution in [0.2, 0.25) is 0 Å². The molecular weight excluding hydrogens is 438 g/mol. The van der Waals surface area contributed by atoms with Crippen molar-refractivity contribution < 1.29 is 22.7 Å². The highest BCUT2D eigenvalue weighted by atomic mass is 32.2. The Morgan fingerprint density at radius 2 is 1.87 bits per heavy atom. The van der Waals surface area contributed by atoms with Gasteiger partial charge in [-0.25, -0.2) is 8.42 Å². The van der Waals surface area contributed by atoms with Crippen molar-refractivity contribution in [2.24, 2.45) is 0 Å². The fourth-order valence-electron chi connectivity index (χ4n) is 3.32. The molecule has 8 nitrogen and oxygen atoms in total. The molecule has 2 aromatic carbocycles. The summed E-state index contributed by atoms with van der Waals surface area (Å²) in [7, 11) is -0.783. The lowest BCUT2D eigenvalue weighted by molar-refractivity contribution is -0.123. The van der Waals surface area contributed by atoms with E-state index < -0.39 is 16.1 Å². The molecule has 1 heterocycles. The molecule has 0 aromatic heterocycles. The van der Waals surface area contributed by atoms with E-state index in [0.717, 1.165) is 5.56 Å². The standard InChI is InChI=1S/C21H25N3O5S2/c1-14-12-15(4-9-19(14)29-3)20(25)23-16-5-7-17(8-6-16)31(27,28)24-10-11-30-13-18(24)21(26)22-2/h4-9,12,18H,10-11,13H2,1-3H3,(H,22,26)(H,23,25). The molecule has 0 bridgehead atoms. The predicted molar refractivity (Wildman–Crippen MR) is 121 cm³/mol. The minimum Gasteiger partial charge on any atom is -0.496 e. The van der Waals surface area contributed by atoms with Crippen LogP contribution < -0.4 is 15.4 Å². The van der Waals surface area contributed by atoms with E-state index in [2.05, 4.69) is 10.6 Å². The predicted octanol–water partition coefficient (Wildman–Crippen LogP) is 2.11. The van der Waals surface area contributed by atoms with Gasteiger partial charge in [-0.15, -0.1) is 0 Å². The van der Waals surface area contributed by atoms with E-state index >= 15 is 0 Å². The number of sulfonamides is 1. The third-order valence-electron chi connectivity index (χ3n) is 5.00. The number of rotatable bonds is 6. The van der Waals surface area contributed by atoms with Crippen molar-refractivity contribution in [3.05, 3.63) is 53.6 Å². The Balaban J connectivity index is 1.76. The summed E-state index contributed by atoms with van der Waals surface area (Å²) in [6, 6.07) is 10.3. The van der Waals surface area contributed by atoms with Crippen LogP contribution in [0.4, 0.5) is 5.69 Å². The molecule has 1 unspecified atom stereocenters. The molecule has 2 aromatic rings. The van der Waals surface area contributed by atoms with Crippen LogP contribution in [0.5, 0.6) is 5.75 Å². The van der Waals surface area contributed by atoms with Crippen molar-refractivity contribution >= 4 is 39.3 Å². The number of aryl methyl sites for hydroxylation is 1. The molecule has 10 heteroatoms. The zero-order valence-corrected chi connectivity index (χ0v) is 19.2. The van der Waals surface area contributed by atoms with E-state index in [0.29, 0.717) is 28.5 Å². The van der Waals surface area contributed by atoms with Crippen molar-refractivity contribution in [3.63, 3.8) is 0 Å². The second-order valence-corrected chi connectivity index (χ2v) is 10.0. The number of methoxy groups -OCH3 is 1. The molecule has 2 amide bonds. The van der Waals surface area contributed by atoms with Gasteiger partial charge in [0, 0.05) is 36.3 Å². The second kappa shape index (κ2) is 9.71. The maximum absolute atomic E-state index is 13.1. The van der Waals surface area contributed by atoms with Gasteiger partial charge in [-0.3, -0.25) is 9.59 Å². The van der Waals surface area contributed by atoms with E-state index in [1.54, 1.807) is 37.1 Å². The number of nitrogens with one attached hydrogen (secondary N) is 2. The minimum absolute atomic E-state index is 0.0755. The summed E-state index contributed by atoms with van der Waals surface area (Å²) in [4.78, 5) is 24.7. The molecule has 1 atom stereocenters. The SMILES string of the molecule is CNC(=O)C1CSCCN1S(=O)(=O)c1ccc(NC(=O)c2ccc(OC)c(C)c2)cc1. The van der Waals surface area contributed by atoms with Crippen molar-refractivity contribution in [1.82, 2.24) is 9.62 Å². The van der Waals surface area contributed by atoms with E-state index in [9.17, 15) is 18.0 Å². The summed E-state index contributed by atoms with van der Waals surface area (Å²) in [6.45, 7) is 2.11. The van der Waals surface area contributed by atoms with Gasteiger partial charge >= 0.3 is 0 Å². The molecule has 1 fully saturated rings. The van der Waals surface area contributed by atoms with Gasteiger partial charge in [-0.05, 0) is 55.0 Å². The lowest BCUT2D eigenvalue weighted by Gasteiger charge is -2.33. The van der Waals surface area contributed by atoms with Crippen molar-refractivity contribution in [1.29, 1.82) is 0 Å². The summed E-state index contributed by atoms with van der Waals surface area (Å²) < 4.78 is 32.7. The van der Waals surface area contributed by atoms with Crippen molar-refractivity contribution in [2.45, 2.75) is 17.9 Å². The Labute approximate surface area is 186 Å².